The van der Waals surface area contributed by atoms with Crippen LogP contribution in [0.2, 0.25) is 0 Å². The highest BCUT2D eigenvalue weighted by Gasteiger charge is 2.08. The molecule has 0 aromatic heterocycles. The highest BCUT2D eigenvalue weighted by atomic mass is 127. The van der Waals surface area contributed by atoms with Crippen LogP contribution in [0.3, 0.4) is 0 Å². The fraction of sp³-hybridized carbons (Fsp3) is 0.632. The van der Waals surface area contributed by atoms with Crippen molar-refractivity contribution in [1.82, 2.24) is 10.2 Å². The van der Waals surface area contributed by atoms with Gasteiger partial charge in [0.2, 0.25) is 0 Å². The quantitative estimate of drug-likeness (QED) is 0.343. The molecule has 1 heterocycles. The van der Waals surface area contributed by atoms with E-state index in [0.29, 0.717) is 5.96 Å². The van der Waals surface area contributed by atoms with Gasteiger partial charge in [-0.3, -0.25) is 4.99 Å². The molecule has 0 unspecified atom stereocenters. The number of nitrogens with zero attached hydrogens (tertiary/aromatic N) is 2. The summed E-state index contributed by atoms with van der Waals surface area (Å²) >= 11 is 0. The molecule has 6 nitrogen and oxygen atoms in total. The zero-order valence-electron chi connectivity index (χ0n) is 16.0. The first-order valence-electron chi connectivity index (χ1n) is 9.20. The second kappa shape index (κ2) is 13.0. The third-order valence-corrected chi connectivity index (χ3v) is 4.56. The van der Waals surface area contributed by atoms with Crippen LogP contribution in [0.15, 0.2) is 23.2 Å². The van der Waals surface area contributed by atoms with Crippen LogP contribution in [0.5, 0.6) is 11.5 Å². The lowest BCUT2D eigenvalue weighted by atomic mass is 10.1. The molecule has 1 aliphatic heterocycles. The van der Waals surface area contributed by atoms with E-state index in [-0.39, 0.29) is 24.0 Å². The number of nitrogens with one attached hydrogen (secondary N) is 1. The number of aliphatic imine (C=N–C) groups is 1. The van der Waals surface area contributed by atoms with Gasteiger partial charge in [-0.2, -0.15) is 0 Å². The van der Waals surface area contributed by atoms with Gasteiger partial charge in [-0.15, -0.1) is 24.0 Å². The summed E-state index contributed by atoms with van der Waals surface area (Å²) in [5.41, 5.74) is 7.13. The molecule has 0 saturated carbocycles. The minimum Gasteiger partial charge on any atom is -0.493 e. The van der Waals surface area contributed by atoms with Crippen molar-refractivity contribution in [2.45, 2.75) is 32.1 Å². The SMILES string of the molecule is COc1ccc(CCNC(N)=NCCN2CCCCCC2)cc1OC.I. The fourth-order valence-corrected chi connectivity index (χ4v) is 3.10. The summed E-state index contributed by atoms with van der Waals surface area (Å²) in [6.07, 6.45) is 6.19. The summed E-state index contributed by atoms with van der Waals surface area (Å²) < 4.78 is 10.6. The topological polar surface area (TPSA) is 72.1 Å². The summed E-state index contributed by atoms with van der Waals surface area (Å²) in [5, 5.41) is 3.18. The van der Waals surface area contributed by atoms with Crippen LogP contribution in [-0.2, 0) is 6.42 Å². The number of ether oxygens (including phenoxy) is 2. The standard InChI is InChI=1S/C19H32N4O2.HI/c1-24-17-8-7-16(15-18(17)25-2)9-10-21-19(20)22-11-14-23-12-5-3-4-6-13-23;/h7-8,15H,3-6,9-14H2,1-2H3,(H3,20,21,22);1H. The van der Waals surface area contributed by atoms with Crippen molar-refractivity contribution in [1.29, 1.82) is 0 Å². The summed E-state index contributed by atoms with van der Waals surface area (Å²) in [7, 11) is 3.29. The van der Waals surface area contributed by atoms with Gasteiger partial charge in [-0.1, -0.05) is 18.9 Å². The Bertz CT molecular complexity index is 546. The average molecular weight is 476 g/mol. The molecule has 0 bridgehead atoms. The lowest BCUT2D eigenvalue weighted by Gasteiger charge is -2.18. The van der Waals surface area contributed by atoms with E-state index >= 15 is 0 Å². The molecule has 26 heavy (non-hydrogen) atoms. The van der Waals surface area contributed by atoms with Gasteiger partial charge in [0.05, 0.1) is 20.8 Å². The van der Waals surface area contributed by atoms with E-state index < -0.39 is 0 Å². The van der Waals surface area contributed by atoms with Gasteiger partial charge in [0.25, 0.3) is 0 Å². The van der Waals surface area contributed by atoms with Crippen molar-refractivity contribution in [3.05, 3.63) is 23.8 Å². The molecule has 2 rings (SSSR count). The molecule has 7 heteroatoms. The van der Waals surface area contributed by atoms with Gasteiger partial charge in [-0.25, -0.2) is 0 Å². The number of hydrogen-bond donors (Lipinski definition) is 2. The van der Waals surface area contributed by atoms with Gasteiger partial charge in [0, 0.05) is 13.1 Å². The molecule has 1 aromatic rings. The Morgan fingerprint density at radius 3 is 2.46 bits per heavy atom. The molecule has 1 saturated heterocycles. The van der Waals surface area contributed by atoms with Crippen LogP contribution in [0.4, 0.5) is 0 Å². The smallest absolute Gasteiger partial charge is 0.188 e. The first-order chi connectivity index (χ1) is 12.2. The Hall–Kier alpha value is -1.22. The number of guanidine groups is 1. The number of methoxy groups -OCH3 is 2. The Morgan fingerprint density at radius 2 is 1.81 bits per heavy atom. The second-order valence-corrected chi connectivity index (χ2v) is 6.39. The minimum atomic E-state index is 0. The van der Waals surface area contributed by atoms with E-state index in [9.17, 15) is 0 Å². The number of halogens is 1. The Morgan fingerprint density at radius 1 is 1.12 bits per heavy atom. The number of nitrogens with two attached hydrogens (primary N) is 1. The number of benzene rings is 1. The van der Waals surface area contributed by atoms with E-state index in [2.05, 4.69) is 15.2 Å². The van der Waals surface area contributed by atoms with Gasteiger partial charge >= 0.3 is 0 Å². The molecule has 148 valence electrons. The molecule has 1 fully saturated rings. The molecule has 1 aliphatic rings. The summed E-state index contributed by atoms with van der Waals surface area (Å²) in [6.45, 7) is 4.89. The zero-order valence-corrected chi connectivity index (χ0v) is 18.3. The van der Waals surface area contributed by atoms with Gasteiger partial charge in [-0.05, 0) is 50.0 Å². The maximum Gasteiger partial charge on any atom is 0.188 e. The fourth-order valence-electron chi connectivity index (χ4n) is 3.10. The average Bonchev–Trinajstić information content (AvgIpc) is 2.90. The summed E-state index contributed by atoms with van der Waals surface area (Å²) in [5.74, 6) is 2.02. The van der Waals surface area contributed by atoms with Crippen LogP contribution in [0, 0.1) is 0 Å². The summed E-state index contributed by atoms with van der Waals surface area (Å²) in [6, 6.07) is 5.95. The van der Waals surface area contributed by atoms with E-state index in [4.69, 9.17) is 15.2 Å². The minimum absolute atomic E-state index is 0. The lowest BCUT2D eigenvalue weighted by Crippen LogP contribution is -2.34. The maximum absolute atomic E-state index is 5.96. The van der Waals surface area contributed by atoms with Gasteiger partial charge in [0.15, 0.2) is 17.5 Å². The normalized spacial score (nSPS) is 15.7. The molecule has 0 radical (unpaired) electrons. The maximum atomic E-state index is 5.96. The number of rotatable bonds is 8. The van der Waals surface area contributed by atoms with Crippen LogP contribution in [0.1, 0.15) is 31.2 Å². The monoisotopic (exact) mass is 476 g/mol. The van der Waals surface area contributed by atoms with Crippen LogP contribution >= 0.6 is 24.0 Å². The molecule has 0 atom stereocenters. The largest absolute Gasteiger partial charge is 0.493 e. The molecular weight excluding hydrogens is 443 g/mol. The highest BCUT2D eigenvalue weighted by molar-refractivity contribution is 14.0. The van der Waals surface area contributed by atoms with Crippen LogP contribution < -0.4 is 20.5 Å². The van der Waals surface area contributed by atoms with E-state index in [0.717, 1.165) is 37.6 Å². The Labute approximate surface area is 174 Å². The molecule has 0 amide bonds. The Balaban J connectivity index is 0.00000338. The number of likely N-dealkylation sites (tertiary alicyclic amines) is 1. The molecule has 0 spiro atoms. The van der Waals surface area contributed by atoms with E-state index in [1.54, 1.807) is 14.2 Å². The van der Waals surface area contributed by atoms with Gasteiger partial charge < -0.3 is 25.4 Å². The lowest BCUT2D eigenvalue weighted by molar-refractivity contribution is 0.293. The molecule has 3 N–H and O–H groups in total. The molecule has 0 aliphatic carbocycles. The first kappa shape index (κ1) is 22.8. The second-order valence-electron chi connectivity index (χ2n) is 6.39. The first-order valence-corrected chi connectivity index (χ1v) is 9.20. The zero-order chi connectivity index (χ0) is 17.9. The molecular formula is C19H33IN4O2. The van der Waals surface area contributed by atoms with Crippen molar-refractivity contribution in [2.24, 2.45) is 10.7 Å². The number of hydrogen-bond acceptors (Lipinski definition) is 4. The third kappa shape index (κ3) is 7.99. The van der Waals surface area contributed by atoms with Crippen molar-refractivity contribution in [2.75, 3.05) is 46.9 Å². The van der Waals surface area contributed by atoms with Crippen molar-refractivity contribution >= 4 is 29.9 Å². The third-order valence-electron chi connectivity index (χ3n) is 4.56. The predicted molar refractivity (Wildman–Crippen MR) is 118 cm³/mol. The van der Waals surface area contributed by atoms with Crippen molar-refractivity contribution in [3.63, 3.8) is 0 Å². The summed E-state index contributed by atoms with van der Waals surface area (Å²) in [4.78, 5) is 6.93. The van der Waals surface area contributed by atoms with E-state index in [1.807, 2.05) is 18.2 Å². The van der Waals surface area contributed by atoms with E-state index in [1.165, 1.54) is 44.3 Å². The molecule has 1 aromatic carbocycles. The van der Waals surface area contributed by atoms with Crippen LogP contribution in [0.25, 0.3) is 0 Å². The van der Waals surface area contributed by atoms with Gasteiger partial charge in [0.1, 0.15) is 0 Å². The van der Waals surface area contributed by atoms with Crippen LogP contribution in [-0.4, -0.2) is 57.8 Å². The highest BCUT2D eigenvalue weighted by Crippen LogP contribution is 2.27. The van der Waals surface area contributed by atoms with Crippen molar-refractivity contribution in [3.8, 4) is 11.5 Å². The predicted octanol–water partition coefficient (Wildman–Crippen LogP) is 2.64. The van der Waals surface area contributed by atoms with Crippen molar-refractivity contribution < 1.29 is 9.47 Å². The Kier molecular flexibility index (Phi) is 11.4.